The third kappa shape index (κ3) is 7.30. The fourth-order valence-corrected chi connectivity index (χ4v) is 2.97. The minimum atomic E-state index is -0.892. The van der Waals surface area contributed by atoms with E-state index < -0.39 is 23.6 Å². The van der Waals surface area contributed by atoms with Crippen molar-refractivity contribution in [2.24, 2.45) is 11.8 Å². The van der Waals surface area contributed by atoms with E-state index in [9.17, 15) is 23.2 Å². The van der Waals surface area contributed by atoms with Gasteiger partial charge in [0.2, 0.25) is 5.91 Å². The van der Waals surface area contributed by atoms with Crippen LogP contribution in [0.15, 0.2) is 18.2 Å². The van der Waals surface area contributed by atoms with Gasteiger partial charge in [-0.05, 0) is 36.8 Å². The Labute approximate surface area is 167 Å². The molecule has 1 saturated carbocycles. The van der Waals surface area contributed by atoms with Gasteiger partial charge in [0.15, 0.2) is 0 Å². The van der Waals surface area contributed by atoms with E-state index in [2.05, 4.69) is 10.6 Å². The zero-order valence-electron chi connectivity index (χ0n) is 16.2. The zero-order chi connectivity index (χ0) is 21.4. The standard InChI is InChI=1S/C19H26F2N4O4/c1-12(9-22-19(28)23-16-6-5-14(20)8-15(16)21)7-18(27)25(11-17(26)24-29)10-13-3-2-4-13/h5-6,8,12-13,29H,2-4,7,9-11H2,1H3,(H,24,26)(H2,22,23,28). The van der Waals surface area contributed by atoms with Crippen molar-refractivity contribution >= 4 is 23.5 Å². The summed E-state index contributed by atoms with van der Waals surface area (Å²) < 4.78 is 26.4. The van der Waals surface area contributed by atoms with Crippen LogP contribution >= 0.6 is 0 Å². The number of urea groups is 1. The van der Waals surface area contributed by atoms with Crippen LogP contribution in [0, 0.1) is 23.5 Å². The van der Waals surface area contributed by atoms with Gasteiger partial charge in [-0.1, -0.05) is 13.3 Å². The molecule has 0 aromatic heterocycles. The highest BCUT2D eigenvalue weighted by atomic mass is 19.1. The molecule has 29 heavy (non-hydrogen) atoms. The van der Waals surface area contributed by atoms with Gasteiger partial charge >= 0.3 is 6.03 Å². The molecule has 1 fully saturated rings. The molecule has 1 aliphatic carbocycles. The third-order valence-electron chi connectivity index (χ3n) is 4.83. The number of halogens is 2. The van der Waals surface area contributed by atoms with Crippen LogP contribution in [0.25, 0.3) is 0 Å². The Balaban J connectivity index is 1.80. The first-order valence-corrected chi connectivity index (χ1v) is 9.49. The summed E-state index contributed by atoms with van der Waals surface area (Å²) in [5, 5.41) is 13.5. The van der Waals surface area contributed by atoms with Gasteiger partial charge in [-0.3, -0.25) is 14.8 Å². The summed E-state index contributed by atoms with van der Waals surface area (Å²) in [6, 6.07) is 2.12. The van der Waals surface area contributed by atoms with Crippen molar-refractivity contribution < 1.29 is 28.4 Å². The average Bonchev–Trinajstić information content (AvgIpc) is 2.63. The number of carbonyl (C=O) groups excluding carboxylic acids is 3. The highest BCUT2D eigenvalue weighted by Gasteiger charge is 2.26. The predicted molar refractivity (Wildman–Crippen MR) is 101 cm³/mol. The Bertz CT molecular complexity index is 743. The fraction of sp³-hybridized carbons (Fsp3) is 0.526. The van der Waals surface area contributed by atoms with Crippen LogP contribution in [0.2, 0.25) is 0 Å². The first kappa shape index (κ1) is 22.5. The molecule has 160 valence electrons. The lowest BCUT2D eigenvalue weighted by molar-refractivity contribution is -0.140. The van der Waals surface area contributed by atoms with Gasteiger partial charge in [0, 0.05) is 25.6 Å². The fourth-order valence-electron chi connectivity index (χ4n) is 2.97. The molecule has 0 saturated heterocycles. The Hall–Kier alpha value is -2.75. The van der Waals surface area contributed by atoms with Gasteiger partial charge in [0.1, 0.15) is 18.2 Å². The van der Waals surface area contributed by atoms with Gasteiger partial charge in [0.25, 0.3) is 5.91 Å². The largest absolute Gasteiger partial charge is 0.338 e. The van der Waals surface area contributed by atoms with Crippen LogP contribution in [0.5, 0.6) is 0 Å². The maximum atomic E-state index is 13.6. The smallest absolute Gasteiger partial charge is 0.319 e. The van der Waals surface area contributed by atoms with Crippen LogP contribution in [0.1, 0.15) is 32.6 Å². The lowest BCUT2D eigenvalue weighted by Crippen LogP contribution is -2.44. The van der Waals surface area contributed by atoms with Crippen molar-refractivity contribution in [3.63, 3.8) is 0 Å². The molecular formula is C19H26F2N4O4. The summed E-state index contributed by atoms with van der Waals surface area (Å²) in [6.07, 6.45) is 3.20. The van der Waals surface area contributed by atoms with Crippen LogP contribution in [-0.4, -0.2) is 47.6 Å². The zero-order valence-corrected chi connectivity index (χ0v) is 16.2. The lowest BCUT2D eigenvalue weighted by atomic mass is 9.85. The van der Waals surface area contributed by atoms with Crippen molar-refractivity contribution in [3.8, 4) is 0 Å². The summed E-state index contributed by atoms with van der Waals surface area (Å²) in [5.41, 5.74) is 1.37. The van der Waals surface area contributed by atoms with Crippen molar-refractivity contribution in [2.75, 3.05) is 25.0 Å². The third-order valence-corrected chi connectivity index (χ3v) is 4.83. The molecule has 0 spiro atoms. The maximum absolute atomic E-state index is 13.6. The van der Waals surface area contributed by atoms with E-state index in [0.29, 0.717) is 18.5 Å². The molecule has 0 heterocycles. The molecule has 1 aromatic carbocycles. The van der Waals surface area contributed by atoms with E-state index in [0.717, 1.165) is 31.4 Å². The van der Waals surface area contributed by atoms with Crippen LogP contribution in [-0.2, 0) is 9.59 Å². The van der Waals surface area contributed by atoms with E-state index in [1.807, 2.05) is 0 Å². The second kappa shape index (κ2) is 10.7. The van der Waals surface area contributed by atoms with Crippen LogP contribution < -0.4 is 16.1 Å². The first-order chi connectivity index (χ1) is 13.8. The maximum Gasteiger partial charge on any atom is 0.319 e. The number of amides is 4. The molecule has 1 unspecified atom stereocenters. The molecule has 0 aliphatic heterocycles. The number of hydrogen-bond donors (Lipinski definition) is 4. The minimum absolute atomic E-state index is 0.0939. The quantitative estimate of drug-likeness (QED) is 0.368. The summed E-state index contributed by atoms with van der Waals surface area (Å²) in [5.74, 6) is -2.44. The Kier molecular flexibility index (Phi) is 8.32. The Morgan fingerprint density at radius 2 is 2.00 bits per heavy atom. The number of rotatable bonds is 9. The van der Waals surface area contributed by atoms with Gasteiger partial charge in [-0.15, -0.1) is 0 Å². The highest BCUT2D eigenvalue weighted by Crippen LogP contribution is 2.27. The second-order valence-corrected chi connectivity index (χ2v) is 7.37. The van der Waals surface area contributed by atoms with E-state index in [-0.39, 0.29) is 37.0 Å². The molecule has 0 radical (unpaired) electrons. The number of anilines is 1. The molecule has 1 atom stereocenters. The number of hydrogen-bond acceptors (Lipinski definition) is 4. The molecule has 4 amide bonds. The molecule has 1 aromatic rings. The number of carbonyl (C=O) groups is 3. The van der Waals surface area contributed by atoms with Crippen molar-refractivity contribution in [1.29, 1.82) is 0 Å². The number of nitrogens with zero attached hydrogens (tertiary/aromatic N) is 1. The van der Waals surface area contributed by atoms with Crippen molar-refractivity contribution in [1.82, 2.24) is 15.7 Å². The van der Waals surface area contributed by atoms with Crippen LogP contribution in [0.4, 0.5) is 19.3 Å². The monoisotopic (exact) mass is 412 g/mol. The summed E-state index contributed by atoms with van der Waals surface area (Å²) >= 11 is 0. The molecule has 2 rings (SSSR count). The number of nitrogens with one attached hydrogen (secondary N) is 3. The molecule has 0 bridgehead atoms. The molecule has 8 nitrogen and oxygen atoms in total. The lowest BCUT2D eigenvalue weighted by Gasteiger charge is -2.32. The number of benzene rings is 1. The topological polar surface area (TPSA) is 111 Å². The van der Waals surface area contributed by atoms with Crippen LogP contribution in [0.3, 0.4) is 0 Å². The van der Waals surface area contributed by atoms with Crippen molar-refractivity contribution in [2.45, 2.75) is 32.6 Å². The van der Waals surface area contributed by atoms with E-state index in [1.165, 1.54) is 10.4 Å². The normalized spacial score (nSPS) is 14.5. The Morgan fingerprint density at radius 3 is 2.59 bits per heavy atom. The van der Waals surface area contributed by atoms with Gasteiger partial charge in [-0.25, -0.2) is 19.1 Å². The SMILES string of the molecule is CC(CNC(=O)Nc1ccc(F)cc1F)CC(=O)N(CC(=O)NO)CC1CCC1. The van der Waals surface area contributed by atoms with Gasteiger partial charge < -0.3 is 15.5 Å². The number of hydroxylamine groups is 1. The van der Waals surface area contributed by atoms with Gasteiger partial charge in [0.05, 0.1) is 5.69 Å². The summed E-state index contributed by atoms with van der Waals surface area (Å²) in [7, 11) is 0. The van der Waals surface area contributed by atoms with E-state index in [1.54, 1.807) is 6.92 Å². The summed E-state index contributed by atoms with van der Waals surface area (Å²) in [4.78, 5) is 37.3. The van der Waals surface area contributed by atoms with Crippen molar-refractivity contribution in [3.05, 3.63) is 29.8 Å². The molecular weight excluding hydrogens is 386 g/mol. The Morgan fingerprint density at radius 1 is 1.28 bits per heavy atom. The second-order valence-electron chi connectivity index (χ2n) is 7.37. The molecule has 1 aliphatic rings. The molecule has 10 heteroatoms. The van der Waals surface area contributed by atoms with E-state index >= 15 is 0 Å². The predicted octanol–water partition coefficient (Wildman–Crippen LogP) is 2.25. The minimum Gasteiger partial charge on any atom is -0.338 e. The molecule has 4 N–H and O–H groups in total. The summed E-state index contributed by atoms with van der Waals surface area (Å²) in [6.45, 7) is 2.13. The average molecular weight is 412 g/mol. The first-order valence-electron chi connectivity index (χ1n) is 9.49. The highest BCUT2D eigenvalue weighted by molar-refractivity contribution is 5.89. The van der Waals surface area contributed by atoms with E-state index in [4.69, 9.17) is 5.21 Å². The van der Waals surface area contributed by atoms with Gasteiger partial charge in [-0.2, -0.15) is 0 Å².